The highest BCUT2D eigenvalue weighted by Crippen LogP contribution is 2.10. The maximum absolute atomic E-state index is 12.9. The van der Waals surface area contributed by atoms with Crippen LogP contribution in [-0.2, 0) is 6.54 Å². The summed E-state index contributed by atoms with van der Waals surface area (Å²) in [4.78, 5) is 8.25. The van der Waals surface area contributed by atoms with Crippen LogP contribution in [0.15, 0.2) is 36.5 Å². The van der Waals surface area contributed by atoms with Gasteiger partial charge in [-0.2, -0.15) is 0 Å². The third-order valence-corrected chi connectivity index (χ3v) is 2.13. The zero-order valence-electron chi connectivity index (χ0n) is 8.94. The van der Waals surface area contributed by atoms with E-state index in [9.17, 15) is 4.39 Å². The Labute approximate surface area is 93.4 Å². The zero-order valence-corrected chi connectivity index (χ0v) is 8.94. The number of rotatable bonds is 3. The molecule has 1 heterocycles. The number of benzene rings is 1. The second kappa shape index (κ2) is 4.70. The quantitative estimate of drug-likeness (QED) is 0.858. The summed E-state index contributed by atoms with van der Waals surface area (Å²) in [5.74, 6) is 0.488. The van der Waals surface area contributed by atoms with Crippen molar-refractivity contribution in [3.05, 3.63) is 53.9 Å². The van der Waals surface area contributed by atoms with E-state index in [0.717, 1.165) is 17.2 Å². The fourth-order valence-corrected chi connectivity index (χ4v) is 1.39. The van der Waals surface area contributed by atoms with Crippen molar-refractivity contribution >= 4 is 5.69 Å². The van der Waals surface area contributed by atoms with Crippen LogP contribution in [0.1, 0.15) is 11.5 Å². The first-order valence-corrected chi connectivity index (χ1v) is 5.02. The maximum atomic E-state index is 12.9. The number of aryl methyl sites for hydroxylation is 1. The molecule has 0 unspecified atom stereocenters. The molecule has 0 saturated heterocycles. The van der Waals surface area contributed by atoms with Crippen molar-refractivity contribution in [2.45, 2.75) is 13.5 Å². The molecule has 4 heteroatoms. The fourth-order valence-electron chi connectivity index (χ4n) is 1.39. The van der Waals surface area contributed by atoms with Crippen molar-refractivity contribution in [2.24, 2.45) is 0 Å². The maximum Gasteiger partial charge on any atom is 0.125 e. The Balaban J connectivity index is 2.02. The lowest BCUT2D eigenvalue weighted by Crippen LogP contribution is -2.03. The van der Waals surface area contributed by atoms with Crippen molar-refractivity contribution in [1.82, 2.24) is 9.97 Å². The molecule has 0 spiro atoms. The molecule has 82 valence electrons. The van der Waals surface area contributed by atoms with Crippen molar-refractivity contribution in [3.63, 3.8) is 0 Å². The topological polar surface area (TPSA) is 37.8 Å². The van der Waals surface area contributed by atoms with Crippen LogP contribution < -0.4 is 5.32 Å². The molecular weight excluding hydrogens is 205 g/mol. The van der Waals surface area contributed by atoms with Crippen LogP contribution in [0.3, 0.4) is 0 Å². The lowest BCUT2D eigenvalue weighted by molar-refractivity contribution is 0.628. The van der Waals surface area contributed by atoms with E-state index in [-0.39, 0.29) is 5.82 Å². The summed E-state index contributed by atoms with van der Waals surface area (Å²) in [6.45, 7) is 2.40. The standard InChI is InChI=1S/C12H12FN3/c1-9-14-6-5-12(16-9)8-15-11-4-2-3-10(13)7-11/h2-7,15H,8H2,1H3. The van der Waals surface area contributed by atoms with Crippen molar-refractivity contribution in [3.8, 4) is 0 Å². The molecule has 1 aromatic carbocycles. The number of aromatic nitrogens is 2. The molecule has 2 aromatic rings. The lowest BCUT2D eigenvalue weighted by atomic mass is 10.3. The van der Waals surface area contributed by atoms with Gasteiger partial charge < -0.3 is 5.32 Å². The smallest absolute Gasteiger partial charge is 0.125 e. The molecular formula is C12H12FN3. The van der Waals surface area contributed by atoms with Crippen molar-refractivity contribution in [1.29, 1.82) is 0 Å². The van der Waals surface area contributed by atoms with Gasteiger partial charge in [0.15, 0.2) is 0 Å². The second-order valence-electron chi connectivity index (χ2n) is 3.46. The molecule has 2 rings (SSSR count). The van der Waals surface area contributed by atoms with Gasteiger partial charge in [-0.1, -0.05) is 6.07 Å². The van der Waals surface area contributed by atoms with Gasteiger partial charge in [-0.3, -0.25) is 0 Å². The molecule has 1 aromatic heterocycles. The summed E-state index contributed by atoms with van der Waals surface area (Å²) in [6, 6.07) is 8.19. The average Bonchev–Trinajstić information content (AvgIpc) is 2.27. The minimum atomic E-state index is -0.246. The Kier molecular flexibility index (Phi) is 3.10. The van der Waals surface area contributed by atoms with Crippen LogP contribution in [0.4, 0.5) is 10.1 Å². The van der Waals surface area contributed by atoms with Gasteiger partial charge in [-0.15, -0.1) is 0 Å². The predicted octanol–water partition coefficient (Wildman–Crippen LogP) is 2.54. The van der Waals surface area contributed by atoms with E-state index in [4.69, 9.17) is 0 Å². The third-order valence-electron chi connectivity index (χ3n) is 2.13. The monoisotopic (exact) mass is 217 g/mol. The van der Waals surface area contributed by atoms with Gasteiger partial charge in [-0.05, 0) is 31.2 Å². The molecule has 0 aliphatic rings. The predicted molar refractivity (Wildman–Crippen MR) is 60.5 cm³/mol. The van der Waals surface area contributed by atoms with E-state index in [2.05, 4.69) is 15.3 Å². The number of hydrogen-bond acceptors (Lipinski definition) is 3. The molecule has 3 nitrogen and oxygen atoms in total. The number of nitrogens with zero attached hydrogens (tertiary/aromatic N) is 2. The van der Waals surface area contributed by atoms with Gasteiger partial charge in [0.2, 0.25) is 0 Å². The normalized spacial score (nSPS) is 10.1. The average molecular weight is 217 g/mol. The molecule has 1 N–H and O–H groups in total. The van der Waals surface area contributed by atoms with E-state index in [1.54, 1.807) is 12.3 Å². The molecule has 0 atom stereocenters. The number of hydrogen-bond donors (Lipinski definition) is 1. The van der Waals surface area contributed by atoms with Gasteiger partial charge in [-0.25, -0.2) is 14.4 Å². The van der Waals surface area contributed by atoms with Crippen LogP contribution in [0.2, 0.25) is 0 Å². The minimum Gasteiger partial charge on any atom is -0.379 e. The van der Waals surface area contributed by atoms with Gasteiger partial charge in [0.1, 0.15) is 11.6 Å². The summed E-state index contributed by atoms with van der Waals surface area (Å²) in [5, 5.41) is 3.10. The fraction of sp³-hybridized carbons (Fsp3) is 0.167. The van der Waals surface area contributed by atoms with E-state index < -0.39 is 0 Å². The zero-order chi connectivity index (χ0) is 11.4. The highest BCUT2D eigenvalue weighted by Gasteiger charge is 1.97. The molecule has 0 bridgehead atoms. The van der Waals surface area contributed by atoms with Crippen LogP contribution in [-0.4, -0.2) is 9.97 Å². The van der Waals surface area contributed by atoms with Crippen LogP contribution in [0.5, 0.6) is 0 Å². The number of nitrogens with one attached hydrogen (secondary N) is 1. The summed E-state index contributed by atoms with van der Waals surface area (Å²) in [7, 11) is 0. The Morgan fingerprint density at radius 2 is 2.19 bits per heavy atom. The molecule has 0 amide bonds. The third kappa shape index (κ3) is 2.76. The van der Waals surface area contributed by atoms with Crippen LogP contribution in [0, 0.1) is 12.7 Å². The van der Waals surface area contributed by atoms with E-state index in [1.165, 1.54) is 12.1 Å². The summed E-state index contributed by atoms with van der Waals surface area (Å²) in [6.07, 6.45) is 1.71. The Morgan fingerprint density at radius 3 is 2.94 bits per heavy atom. The molecule has 0 saturated carbocycles. The highest BCUT2D eigenvalue weighted by molar-refractivity contribution is 5.43. The highest BCUT2D eigenvalue weighted by atomic mass is 19.1. The first-order chi connectivity index (χ1) is 7.74. The van der Waals surface area contributed by atoms with E-state index >= 15 is 0 Å². The van der Waals surface area contributed by atoms with E-state index in [0.29, 0.717) is 6.54 Å². The summed E-state index contributed by atoms with van der Waals surface area (Å²) in [5.41, 5.74) is 1.63. The molecule has 0 radical (unpaired) electrons. The largest absolute Gasteiger partial charge is 0.379 e. The number of halogens is 1. The number of anilines is 1. The Hall–Kier alpha value is -1.97. The SMILES string of the molecule is Cc1nccc(CNc2cccc(F)c2)n1. The van der Waals surface area contributed by atoms with Gasteiger partial charge >= 0.3 is 0 Å². The van der Waals surface area contributed by atoms with Gasteiger partial charge in [0, 0.05) is 11.9 Å². The molecule has 0 fully saturated rings. The van der Waals surface area contributed by atoms with Gasteiger partial charge in [0.05, 0.1) is 12.2 Å². The first kappa shape index (κ1) is 10.5. The Bertz CT molecular complexity index is 440. The van der Waals surface area contributed by atoms with E-state index in [1.807, 2.05) is 19.1 Å². The minimum absolute atomic E-state index is 0.246. The summed E-state index contributed by atoms with van der Waals surface area (Å²) >= 11 is 0. The molecule has 16 heavy (non-hydrogen) atoms. The molecule has 0 aliphatic heterocycles. The Morgan fingerprint density at radius 1 is 1.31 bits per heavy atom. The molecule has 0 aliphatic carbocycles. The van der Waals surface area contributed by atoms with Crippen LogP contribution >= 0.6 is 0 Å². The first-order valence-electron chi connectivity index (χ1n) is 5.02. The van der Waals surface area contributed by atoms with Gasteiger partial charge in [0.25, 0.3) is 0 Å². The van der Waals surface area contributed by atoms with Crippen molar-refractivity contribution < 1.29 is 4.39 Å². The van der Waals surface area contributed by atoms with Crippen LogP contribution in [0.25, 0.3) is 0 Å². The second-order valence-corrected chi connectivity index (χ2v) is 3.46. The summed E-state index contributed by atoms with van der Waals surface area (Å²) < 4.78 is 12.9. The lowest BCUT2D eigenvalue weighted by Gasteiger charge is -2.05. The van der Waals surface area contributed by atoms with Crippen molar-refractivity contribution in [2.75, 3.05) is 5.32 Å².